The Hall–Kier alpha value is -3.93. The second-order valence-corrected chi connectivity index (χ2v) is 7.19. The summed E-state index contributed by atoms with van der Waals surface area (Å²) >= 11 is 0. The minimum atomic E-state index is -0.358. The summed E-state index contributed by atoms with van der Waals surface area (Å²) in [7, 11) is 0. The standard InChI is InChI=1S/C24H19N3O3/c1-2-13-27-24(29)18-9-4-3-8-17(18)22(26-27)23(28)25-15-11-12-21-19(14-15)16-7-5-6-10-20(16)30-21/h3-12,14H,2,13H2,1H3,(H,25,28). The molecule has 5 aromatic rings. The zero-order valence-corrected chi connectivity index (χ0v) is 16.4. The minimum absolute atomic E-state index is 0.185. The first-order chi connectivity index (χ1) is 14.7. The molecule has 0 bridgehead atoms. The molecule has 2 heterocycles. The second kappa shape index (κ2) is 7.15. The topological polar surface area (TPSA) is 77.1 Å². The van der Waals surface area contributed by atoms with Gasteiger partial charge in [0.25, 0.3) is 11.5 Å². The summed E-state index contributed by atoms with van der Waals surface area (Å²) in [5.41, 5.74) is 2.24. The van der Waals surface area contributed by atoms with Crippen molar-refractivity contribution in [2.24, 2.45) is 0 Å². The van der Waals surface area contributed by atoms with E-state index in [1.807, 2.05) is 43.3 Å². The highest BCUT2D eigenvalue weighted by atomic mass is 16.3. The van der Waals surface area contributed by atoms with Gasteiger partial charge in [-0.3, -0.25) is 9.59 Å². The first kappa shape index (κ1) is 18.1. The van der Waals surface area contributed by atoms with Crippen molar-refractivity contribution in [2.45, 2.75) is 19.9 Å². The summed E-state index contributed by atoms with van der Waals surface area (Å²) in [6.45, 7) is 2.42. The van der Waals surface area contributed by atoms with E-state index in [-0.39, 0.29) is 17.2 Å². The van der Waals surface area contributed by atoms with Gasteiger partial charge in [-0.2, -0.15) is 5.10 Å². The minimum Gasteiger partial charge on any atom is -0.456 e. The van der Waals surface area contributed by atoms with Gasteiger partial charge in [-0.25, -0.2) is 4.68 Å². The molecular formula is C24H19N3O3. The van der Waals surface area contributed by atoms with Gasteiger partial charge in [0, 0.05) is 28.4 Å². The summed E-state index contributed by atoms with van der Waals surface area (Å²) in [5, 5.41) is 10.2. The average molecular weight is 397 g/mol. The van der Waals surface area contributed by atoms with Crippen LogP contribution in [-0.2, 0) is 6.54 Å². The molecule has 0 aliphatic rings. The van der Waals surface area contributed by atoms with Crippen LogP contribution in [0.2, 0.25) is 0 Å². The molecule has 5 rings (SSSR count). The van der Waals surface area contributed by atoms with Crippen LogP contribution >= 0.6 is 0 Å². The Morgan fingerprint density at radius 1 is 0.933 bits per heavy atom. The van der Waals surface area contributed by atoms with Crippen molar-refractivity contribution in [3.05, 3.63) is 82.8 Å². The van der Waals surface area contributed by atoms with Crippen molar-refractivity contribution in [2.75, 3.05) is 5.32 Å². The number of carbonyl (C=O) groups excluding carboxylic acids is 1. The van der Waals surface area contributed by atoms with E-state index < -0.39 is 0 Å². The molecule has 2 aromatic heterocycles. The molecule has 1 N–H and O–H groups in total. The zero-order chi connectivity index (χ0) is 20.7. The maximum atomic E-state index is 13.1. The van der Waals surface area contributed by atoms with E-state index in [0.29, 0.717) is 23.0 Å². The molecule has 148 valence electrons. The number of hydrogen-bond acceptors (Lipinski definition) is 4. The summed E-state index contributed by atoms with van der Waals surface area (Å²) in [4.78, 5) is 25.8. The molecule has 3 aromatic carbocycles. The number of rotatable bonds is 4. The predicted molar refractivity (Wildman–Crippen MR) is 118 cm³/mol. The lowest BCUT2D eigenvalue weighted by molar-refractivity contribution is 0.102. The van der Waals surface area contributed by atoms with Crippen LogP contribution in [0.1, 0.15) is 23.8 Å². The van der Waals surface area contributed by atoms with Gasteiger partial charge in [-0.1, -0.05) is 43.3 Å². The van der Waals surface area contributed by atoms with Crippen LogP contribution in [0.5, 0.6) is 0 Å². The summed E-state index contributed by atoms with van der Waals surface area (Å²) in [6.07, 6.45) is 0.747. The number of nitrogens with zero attached hydrogens (tertiary/aromatic N) is 2. The molecule has 1 amide bonds. The SMILES string of the molecule is CCCn1nc(C(=O)Nc2ccc3oc4ccccc4c3c2)c2ccccc2c1=O. The number of furan rings is 1. The van der Waals surface area contributed by atoms with Crippen LogP contribution in [0, 0.1) is 0 Å². The van der Waals surface area contributed by atoms with Crippen LogP contribution in [0.15, 0.2) is 75.9 Å². The monoisotopic (exact) mass is 397 g/mol. The first-order valence-electron chi connectivity index (χ1n) is 9.88. The molecule has 0 atom stereocenters. The van der Waals surface area contributed by atoms with Crippen molar-refractivity contribution in [1.29, 1.82) is 0 Å². The molecular weight excluding hydrogens is 378 g/mol. The van der Waals surface area contributed by atoms with Crippen LogP contribution in [0.25, 0.3) is 32.7 Å². The number of hydrogen-bond donors (Lipinski definition) is 1. The lowest BCUT2D eigenvalue weighted by Crippen LogP contribution is -2.27. The third-order valence-electron chi connectivity index (χ3n) is 5.15. The number of aryl methyl sites for hydroxylation is 1. The van der Waals surface area contributed by atoms with Gasteiger partial charge in [-0.05, 0) is 36.8 Å². The maximum Gasteiger partial charge on any atom is 0.276 e. The first-order valence-corrected chi connectivity index (χ1v) is 9.88. The van der Waals surface area contributed by atoms with E-state index in [1.165, 1.54) is 4.68 Å². The molecule has 0 unspecified atom stereocenters. The lowest BCUT2D eigenvalue weighted by Gasteiger charge is -2.11. The number of para-hydroxylation sites is 1. The molecule has 0 spiro atoms. The van der Waals surface area contributed by atoms with E-state index in [9.17, 15) is 9.59 Å². The van der Waals surface area contributed by atoms with Crippen LogP contribution < -0.4 is 10.9 Å². The molecule has 0 fully saturated rings. The van der Waals surface area contributed by atoms with Crippen molar-refractivity contribution >= 4 is 44.3 Å². The van der Waals surface area contributed by atoms with Gasteiger partial charge in [0.1, 0.15) is 11.2 Å². The molecule has 0 aliphatic carbocycles. The molecule has 0 aliphatic heterocycles. The largest absolute Gasteiger partial charge is 0.456 e. The number of anilines is 1. The predicted octanol–water partition coefficient (Wildman–Crippen LogP) is 4.96. The van der Waals surface area contributed by atoms with E-state index >= 15 is 0 Å². The number of nitrogens with one attached hydrogen (secondary N) is 1. The third-order valence-corrected chi connectivity index (χ3v) is 5.15. The Kier molecular flexibility index (Phi) is 4.32. The number of amides is 1. The van der Waals surface area contributed by atoms with Crippen molar-refractivity contribution in [3.63, 3.8) is 0 Å². The molecule has 30 heavy (non-hydrogen) atoms. The van der Waals surface area contributed by atoms with Crippen molar-refractivity contribution < 1.29 is 9.21 Å². The quantitative estimate of drug-likeness (QED) is 0.465. The van der Waals surface area contributed by atoms with Gasteiger partial charge in [-0.15, -0.1) is 0 Å². The molecule has 6 nitrogen and oxygen atoms in total. The van der Waals surface area contributed by atoms with Gasteiger partial charge in [0.05, 0.1) is 5.39 Å². The average Bonchev–Trinajstić information content (AvgIpc) is 3.14. The van der Waals surface area contributed by atoms with Gasteiger partial charge in [0.15, 0.2) is 5.69 Å². The fraction of sp³-hybridized carbons (Fsp3) is 0.125. The summed E-state index contributed by atoms with van der Waals surface area (Å²) in [6, 6.07) is 20.4. The van der Waals surface area contributed by atoms with E-state index in [4.69, 9.17) is 4.42 Å². The Labute approximate surface area is 171 Å². The highest BCUT2D eigenvalue weighted by Gasteiger charge is 2.17. The summed E-state index contributed by atoms with van der Waals surface area (Å²) in [5.74, 6) is -0.358. The van der Waals surface area contributed by atoms with E-state index in [2.05, 4.69) is 10.4 Å². The smallest absolute Gasteiger partial charge is 0.276 e. The lowest BCUT2D eigenvalue weighted by atomic mass is 10.1. The Bertz CT molecular complexity index is 1480. The van der Waals surface area contributed by atoms with Crippen LogP contribution in [-0.4, -0.2) is 15.7 Å². The van der Waals surface area contributed by atoms with Crippen LogP contribution in [0.3, 0.4) is 0 Å². The highest BCUT2D eigenvalue weighted by Crippen LogP contribution is 2.30. The van der Waals surface area contributed by atoms with Crippen molar-refractivity contribution in [1.82, 2.24) is 9.78 Å². The second-order valence-electron chi connectivity index (χ2n) is 7.19. The Balaban J connectivity index is 1.58. The maximum absolute atomic E-state index is 13.1. The van der Waals surface area contributed by atoms with E-state index in [0.717, 1.165) is 28.4 Å². The number of benzene rings is 3. The van der Waals surface area contributed by atoms with Gasteiger partial charge in [0.2, 0.25) is 0 Å². The third kappa shape index (κ3) is 2.93. The van der Waals surface area contributed by atoms with Gasteiger partial charge >= 0.3 is 0 Å². The number of carbonyl (C=O) groups is 1. The zero-order valence-electron chi connectivity index (χ0n) is 16.4. The molecule has 0 saturated carbocycles. The molecule has 0 radical (unpaired) electrons. The molecule has 0 saturated heterocycles. The number of fused-ring (bicyclic) bond motifs is 4. The van der Waals surface area contributed by atoms with E-state index in [1.54, 1.807) is 30.3 Å². The fourth-order valence-electron chi connectivity index (χ4n) is 3.76. The normalized spacial score (nSPS) is 11.4. The molecule has 6 heteroatoms. The Morgan fingerprint density at radius 3 is 2.43 bits per heavy atom. The summed E-state index contributed by atoms with van der Waals surface area (Å²) < 4.78 is 7.21. The van der Waals surface area contributed by atoms with Crippen LogP contribution in [0.4, 0.5) is 5.69 Å². The number of aromatic nitrogens is 2. The van der Waals surface area contributed by atoms with Crippen molar-refractivity contribution in [3.8, 4) is 0 Å². The fourth-order valence-corrected chi connectivity index (χ4v) is 3.76. The highest BCUT2D eigenvalue weighted by molar-refractivity contribution is 6.12. The Morgan fingerprint density at radius 2 is 1.63 bits per heavy atom. The van der Waals surface area contributed by atoms with Gasteiger partial charge < -0.3 is 9.73 Å².